The lowest BCUT2D eigenvalue weighted by atomic mass is 10.1. The van der Waals surface area contributed by atoms with Crippen LogP contribution in [0.2, 0.25) is 0 Å². The Hall–Kier alpha value is -3.67. The number of carbonyl (C=O) groups excluding carboxylic acids is 1. The standard InChI is InChI=1S/C21H18N4O2/c26-20(23-17-7-4-11-22-14-17)16-8-9-19-18(13-16)24-21(27)25(19)12-10-15-5-2-1-3-6-15/h1-9,11,13-14H,10,12H2,(H,23,26)(H,24,27). The molecule has 0 saturated carbocycles. The number of carbonyl (C=O) groups is 1. The van der Waals surface area contributed by atoms with Crippen molar-refractivity contribution in [2.75, 3.05) is 5.32 Å². The lowest BCUT2D eigenvalue weighted by molar-refractivity contribution is 0.102. The summed E-state index contributed by atoms with van der Waals surface area (Å²) in [5.74, 6) is -0.247. The average molecular weight is 358 g/mol. The van der Waals surface area contributed by atoms with E-state index in [9.17, 15) is 9.59 Å². The van der Waals surface area contributed by atoms with E-state index in [1.165, 1.54) is 5.56 Å². The van der Waals surface area contributed by atoms with Crippen molar-refractivity contribution in [2.24, 2.45) is 0 Å². The number of nitrogens with one attached hydrogen (secondary N) is 2. The lowest BCUT2D eigenvalue weighted by Gasteiger charge is -2.06. The van der Waals surface area contributed by atoms with Gasteiger partial charge in [0, 0.05) is 18.3 Å². The van der Waals surface area contributed by atoms with Gasteiger partial charge in [0.05, 0.1) is 22.9 Å². The molecule has 6 nitrogen and oxygen atoms in total. The van der Waals surface area contributed by atoms with Crippen LogP contribution in [0.25, 0.3) is 11.0 Å². The van der Waals surface area contributed by atoms with Crippen molar-refractivity contribution >= 4 is 22.6 Å². The first-order chi connectivity index (χ1) is 13.2. The molecule has 27 heavy (non-hydrogen) atoms. The Morgan fingerprint density at radius 3 is 2.70 bits per heavy atom. The smallest absolute Gasteiger partial charge is 0.321 e. The Morgan fingerprint density at radius 1 is 1.07 bits per heavy atom. The van der Waals surface area contributed by atoms with E-state index >= 15 is 0 Å². The molecule has 2 heterocycles. The third-order valence-corrected chi connectivity index (χ3v) is 4.42. The number of rotatable bonds is 5. The van der Waals surface area contributed by atoms with E-state index in [0.29, 0.717) is 23.3 Å². The molecule has 0 aliphatic heterocycles. The number of imidazole rings is 1. The van der Waals surface area contributed by atoms with Crippen LogP contribution in [0.4, 0.5) is 5.69 Å². The van der Waals surface area contributed by atoms with Crippen LogP contribution in [0, 0.1) is 0 Å². The minimum absolute atomic E-state index is 0.175. The van der Waals surface area contributed by atoms with E-state index < -0.39 is 0 Å². The Kier molecular flexibility index (Phi) is 4.53. The van der Waals surface area contributed by atoms with Gasteiger partial charge in [0.1, 0.15) is 0 Å². The predicted molar refractivity (Wildman–Crippen MR) is 105 cm³/mol. The average Bonchev–Trinajstić information content (AvgIpc) is 3.02. The van der Waals surface area contributed by atoms with Crippen molar-refractivity contribution in [2.45, 2.75) is 13.0 Å². The van der Waals surface area contributed by atoms with E-state index in [0.717, 1.165) is 11.9 Å². The van der Waals surface area contributed by atoms with Crippen LogP contribution in [0.15, 0.2) is 77.9 Å². The van der Waals surface area contributed by atoms with Gasteiger partial charge in [0.25, 0.3) is 5.91 Å². The van der Waals surface area contributed by atoms with Crippen LogP contribution in [-0.2, 0) is 13.0 Å². The summed E-state index contributed by atoms with van der Waals surface area (Å²) < 4.78 is 1.70. The first-order valence-corrected chi connectivity index (χ1v) is 8.68. The second kappa shape index (κ2) is 7.29. The number of aromatic amines is 1. The number of benzene rings is 2. The molecule has 2 N–H and O–H groups in total. The molecule has 0 atom stereocenters. The fourth-order valence-electron chi connectivity index (χ4n) is 3.05. The molecule has 1 amide bonds. The van der Waals surface area contributed by atoms with E-state index in [1.807, 2.05) is 30.3 Å². The molecule has 0 aliphatic carbocycles. The van der Waals surface area contributed by atoms with Gasteiger partial charge < -0.3 is 10.3 Å². The van der Waals surface area contributed by atoms with Gasteiger partial charge in [-0.25, -0.2) is 4.79 Å². The molecule has 0 unspecified atom stereocenters. The number of amides is 1. The van der Waals surface area contributed by atoms with Gasteiger partial charge in [0.15, 0.2) is 0 Å². The third kappa shape index (κ3) is 3.64. The molecule has 0 fully saturated rings. The number of anilines is 1. The van der Waals surface area contributed by atoms with Gasteiger partial charge in [-0.05, 0) is 42.3 Å². The molecule has 0 saturated heterocycles. The summed E-state index contributed by atoms with van der Waals surface area (Å²) in [4.78, 5) is 31.6. The fraction of sp³-hybridized carbons (Fsp3) is 0.0952. The molecule has 0 bridgehead atoms. The molecule has 4 aromatic rings. The van der Waals surface area contributed by atoms with Crippen molar-refractivity contribution in [1.82, 2.24) is 14.5 Å². The normalized spacial score (nSPS) is 10.8. The number of hydrogen-bond acceptors (Lipinski definition) is 3. The maximum atomic E-state index is 12.4. The summed E-state index contributed by atoms with van der Waals surface area (Å²) in [5, 5.41) is 2.79. The molecule has 2 aromatic carbocycles. The molecule has 2 aromatic heterocycles. The largest absolute Gasteiger partial charge is 0.326 e. The first-order valence-electron chi connectivity index (χ1n) is 8.68. The van der Waals surface area contributed by atoms with Gasteiger partial charge in [-0.2, -0.15) is 0 Å². The molecule has 0 radical (unpaired) electrons. The molecule has 134 valence electrons. The van der Waals surface area contributed by atoms with E-state index in [4.69, 9.17) is 0 Å². The minimum Gasteiger partial charge on any atom is -0.321 e. The quantitative estimate of drug-likeness (QED) is 0.575. The van der Waals surface area contributed by atoms with E-state index in [-0.39, 0.29) is 11.6 Å². The topological polar surface area (TPSA) is 79.8 Å². The van der Waals surface area contributed by atoms with E-state index in [2.05, 4.69) is 15.3 Å². The minimum atomic E-state index is -0.247. The third-order valence-electron chi connectivity index (χ3n) is 4.42. The molecular formula is C21H18N4O2. The number of aryl methyl sites for hydroxylation is 2. The van der Waals surface area contributed by atoms with Gasteiger partial charge in [-0.15, -0.1) is 0 Å². The highest BCUT2D eigenvalue weighted by Crippen LogP contribution is 2.15. The Labute approximate surface area is 155 Å². The number of hydrogen-bond donors (Lipinski definition) is 2. The lowest BCUT2D eigenvalue weighted by Crippen LogP contribution is -2.17. The van der Waals surface area contributed by atoms with Crippen molar-refractivity contribution in [1.29, 1.82) is 0 Å². The maximum absolute atomic E-state index is 12.4. The summed E-state index contributed by atoms with van der Waals surface area (Å²) in [7, 11) is 0. The molecule has 4 rings (SSSR count). The number of H-pyrrole nitrogens is 1. The van der Waals surface area contributed by atoms with Gasteiger partial charge in [-0.3, -0.25) is 14.3 Å². The monoisotopic (exact) mass is 358 g/mol. The fourth-order valence-corrected chi connectivity index (χ4v) is 3.05. The van der Waals surface area contributed by atoms with Crippen molar-refractivity contribution in [3.05, 3.63) is 94.7 Å². The highest BCUT2D eigenvalue weighted by molar-refractivity contribution is 6.05. The molecule has 6 heteroatoms. The Balaban J connectivity index is 1.57. The summed E-state index contributed by atoms with van der Waals surface area (Å²) in [5.41, 5.74) is 3.53. The SMILES string of the molecule is O=C(Nc1cccnc1)c1ccc2c(c1)[nH]c(=O)n2CCc1ccccc1. The molecule has 0 aliphatic rings. The summed E-state index contributed by atoms with van der Waals surface area (Å²) in [6.45, 7) is 0.573. The first kappa shape index (κ1) is 16.8. The number of aromatic nitrogens is 3. The van der Waals surface area contributed by atoms with Crippen LogP contribution >= 0.6 is 0 Å². The van der Waals surface area contributed by atoms with E-state index in [1.54, 1.807) is 47.3 Å². The highest BCUT2D eigenvalue weighted by atomic mass is 16.2. The predicted octanol–water partition coefficient (Wildman–Crippen LogP) is 3.22. The Morgan fingerprint density at radius 2 is 1.93 bits per heavy atom. The van der Waals surface area contributed by atoms with Crippen molar-refractivity contribution in [3.63, 3.8) is 0 Å². The summed E-state index contributed by atoms with van der Waals surface area (Å²) >= 11 is 0. The zero-order valence-corrected chi connectivity index (χ0v) is 14.6. The molecule has 0 spiro atoms. The second-order valence-corrected chi connectivity index (χ2v) is 6.25. The van der Waals surface area contributed by atoms with Crippen LogP contribution < -0.4 is 11.0 Å². The van der Waals surface area contributed by atoms with Gasteiger partial charge >= 0.3 is 5.69 Å². The Bertz CT molecular complexity index is 1130. The number of pyridine rings is 1. The van der Waals surface area contributed by atoms with Crippen LogP contribution in [0.1, 0.15) is 15.9 Å². The van der Waals surface area contributed by atoms with Crippen LogP contribution in [0.3, 0.4) is 0 Å². The number of fused-ring (bicyclic) bond motifs is 1. The van der Waals surface area contributed by atoms with Crippen LogP contribution in [0.5, 0.6) is 0 Å². The van der Waals surface area contributed by atoms with Gasteiger partial charge in [-0.1, -0.05) is 30.3 Å². The second-order valence-electron chi connectivity index (χ2n) is 6.25. The summed E-state index contributed by atoms with van der Waals surface area (Å²) in [6.07, 6.45) is 3.99. The maximum Gasteiger partial charge on any atom is 0.326 e. The number of nitrogens with zero attached hydrogens (tertiary/aromatic N) is 2. The van der Waals surface area contributed by atoms with Crippen molar-refractivity contribution in [3.8, 4) is 0 Å². The zero-order chi connectivity index (χ0) is 18.6. The summed E-state index contributed by atoms with van der Waals surface area (Å²) in [6, 6.07) is 18.8. The van der Waals surface area contributed by atoms with Crippen LogP contribution in [-0.4, -0.2) is 20.4 Å². The zero-order valence-electron chi connectivity index (χ0n) is 14.6. The highest BCUT2D eigenvalue weighted by Gasteiger charge is 2.11. The van der Waals surface area contributed by atoms with Crippen molar-refractivity contribution < 1.29 is 4.79 Å². The molecular weight excluding hydrogens is 340 g/mol. The van der Waals surface area contributed by atoms with Gasteiger partial charge in [0.2, 0.25) is 0 Å².